The Morgan fingerprint density at radius 2 is 1.83 bits per heavy atom. The van der Waals surface area contributed by atoms with E-state index in [-0.39, 0.29) is 23.8 Å². The van der Waals surface area contributed by atoms with E-state index in [9.17, 15) is 14.4 Å². The van der Waals surface area contributed by atoms with Crippen LogP contribution in [0.1, 0.15) is 76.3 Å². The van der Waals surface area contributed by atoms with Crippen molar-refractivity contribution in [2.75, 3.05) is 11.9 Å². The molecule has 1 aromatic carbocycles. The zero-order valence-electron chi connectivity index (χ0n) is 24.9. The maximum atomic E-state index is 14.3. The predicted octanol–water partition coefficient (Wildman–Crippen LogP) is 5.22. The molecule has 7 heteroatoms. The van der Waals surface area contributed by atoms with Crippen LogP contribution in [0.3, 0.4) is 0 Å². The summed E-state index contributed by atoms with van der Waals surface area (Å²) < 4.78 is 6.56. The van der Waals surface area contributed by atoms with Gasteiger partial charge in [-0.15, -0.1) is 0 Å². The number of hydrogen-bond donors (Lipinski definition) is 2. The number of amides is 3. The smallest absolute Gasteiger partial charge is 0.246 e. The molecule has 220 valence electrons. The van der Waals surface area contributed by atoms with Crippen molar-refractivity contribution in [3.05, 3.63) is 53.1 Å². The first-order valence-corrected chi connectivity index (χ1v) is 15.7. The van der Waals surface area contributed by atoms with Gasteiger partial charge in [0.25, 0.3) is 0 Å². The average molecular weight is 560 g/mol. The van der Waals surface area contributed by atoms with Gasteiger partial charge in [0.15, 0.2) is 0 Å². The molecule has 0 radical (unpaired) electrons. The summed E-state index contributed by atoms with van der Waals surface area (Å²) in [6, 6.07) is 5.23. The average Bonchev–Trinajstić information content (AvgIpc) is 3.57. The number of anilines is 1. The standard InChI is InChI=1S/C34H45N3O4/c1-20-17-21(2)19-25(18-20)35-31(38)28-27-13-15-34(41-27)29(28)33(40)37(16-14-24-10-6-5-7-11-24)30(34)32(39)36-26-12-8-9-22(3)23(26)4/h10,13,15,17-19,22-23,26-30H,5-9,11-12,14,16H2,1-4H3,(H,35,38)(H,36,39)/t22-,23-,26+,27-,28+,29-,30-,34-/m0/s1. The number of nitrogens with zero attached hydrogens (tertiary/aromatic N) is 1. The molecule has 0 aromatic heterocycles. The van der Waals surface area contributed by atoms with Crippen LogP contribution in [-0.4, -0.2) is 53.0 Å². The molecule has 2 bridgehead atoms. The lowest BCUT2D eigenvalue weighted by Crippen LogP contribution is -2.58. The lowest BCUT2D eigenvalue weighted by atomic mass is 9.73. The van der Waals surface area contributed by atoms with Crippen LogP contribution in [0.4, 0.5) is 5.69 Å². The number of benzene rings is 1. The summed E-state index contributed by atoms with van der Waals surface area (Å²) in [6.45, 7) is 8.93. The number of aryl methyl sites for hydroxylation is 2. The van der Waals surface area contributed by atoms with Crippen LogP contribution in [0.2, 0.25) is 0 Å². The van der Waals surface area contributed by atoms with Crippen LogP contribution in [0.5, 0.6) is 0 Å². The molecule has 1 aromatic rings. The number of likely N-dealkylation sites (tertiary alicyclic amines) is 1. The highest BCUT2D eigenvalue weighted by Crippen LogP contribution is 2.55. The molecule has 2 aliphatic carbocycles. The number of rotatable bonds is 7. The van der Waals surface area contributed by atoms with Gasteiger partial charge in [-0.2, -0.15) is 0 Å². The molecular weight excluding hydrogens is 514 g/mol. The third-order valence-electron chi connectivity index (χ3n) is 10.5. The third-order valence-corrected chi connectivity index (χ3v) is 10.5. The van der Waals surface area contributed by atoms with E-state index in [1.807, 2.05) is 38.1 Å². The van der Waals surface area contributed by atoms with E-state index in [1.54, 1.807) is 4.90 Å². The molecule has 6 rings (SSSR count). The number of ether oxygens (including phenoxy) is 1. The zero-order chi connectivity index (χ0) is 28.9. The van der Waals surface area contributed by atoms with Gasteiger partial charge in [-0.1, -0.05) is 56.6 Å². The summed E-state index contributed by atoms with van der Waals surface area (Å²) in [7, 11) is 0. The van der Waals surface area contributed by atoms with E-state index >= 15 is 0 Å². The minimum absolute atomic E-state index is 0.0749. The van der Waals surface area contributed by atoms with Crippen molar-refractivity contribution >= 4 is 23.4 Å². The number of carbonyl (C=O) groups excluding carboxylic acids is 3. The van der Waals surface area contributed by atoms with Crippen LogP contribution in [0, 0.1) is 37.5 Å². The largest absolute Gasteiger partial charge is 0.359 e. The van der Waals surface area contributed by atoms with E-state index in [2.05, 4.69) is 36.6 Å². The topological polar surface area (TPSA) is 87.7 Å². The van der Waals surface area contributed by atoms with Gasteiger partial charge in [0, 0.05) is 18.3 Å². The molecule has 0 unspecified atom stereocenters. The molecule has 8 atom stereocenters. The fourth-order valence-corrected chi connectivity index (χ4v) is 8.22. The molecule has 2 N–H and O–H groups in total. The summed E-state index contributed by atoms with van der Waals surface area (Å²) in [5, 5.41) is 6.42. The van der Waals surface area contributed by atoms with Gasteiger partial charge in [0.2, 0.25) is 17.7 Å². The molecule has 1 spiro atoms. The second kappa shape index (κ2) is 11.0. The quantitative estimate of drug-likeness (QED) is 0.448. The van der Waals surface area contributed by atoms with Crippen LogP contribution in [0.25, 0.3) is 0 Å². The number of allylic oxidation sites excluding steroid dienone is 1. The van der Waals surface area contributed by atoms with Gasteiger partial charge in [-0.05, 0) is 87.5 Å². The van der Waals surface area contributed by atoms with Crippen molar-refractivity contribution < 1.29 is 19.1 Å². The number of hydrogen-bond acceptors (Lipinski definition) is 4. The molecule has 3 amide bonds. The SMILES string of the molecule is Cc1cc(C)cc(NC(=O)[C@@H]2[C@@H]3C=C[C@]4(O3)[C@@H]2C(=O)N(CCC2=CCCCC2)[C@H]4C(=O)N[C@@H]2CCC[C@H](C)[C@@H]2C)c1. The van der Waals surface area contributed by atoms with Crippen LogP contribution in [0.15, 0.2) is 42.0 Å². The molecule has 7 nitrogen and oxygen atoms in total. The highest BCUT2D eigenvalue weighted by atomic mass is 16.5. The first-order valence-electron chi connectivity index (χ1n) is 15.7. The Balaban J connectivity index is 1.29. The Kier molecular flexibility index (Phi) is 7.60. The van der Waals surface area contributed by atoms with E-state index in [1.165, 1.54) is 24.8 Å². The zero-order valence-corrected chi connectivity index (χ0v) is 24.9. The summed E-state index contributed by atoms with van der Waals surface area (Å²) in [5.41, 5.74) is 3.07. The number of fused-ring (bicyclic) bond motifs is 1. The van der Waals surface area contributed by atoms with Crippen molar-refractivity contribution in [2.24, 2.45) is 23.7 Å². The minimum atomic E-state index is -1.12. The lowest BCUT2D eigenvalue weighted by Gasteiger charge is -2.38. The molecule has 41 heavy (non-hydrogen) atoms. The van der Waals surface area contributed by atoms with Crippen molar-refractivity contribution in [1.29, 1.82) is 0 Å². The van der Waals surface area contributed by atoms with Gasteiger partial charge >= 0.3 is 0 Å². The Morgan fingerprint density at radius 1 is 1.05 bits per heavy atom. The fourth-order valence-electron chi connectivity index (χ4n) is 8.22. The van der Waals surface area contributed by atoms with Gasteiger partial charge in [-0.25, -0.2) is 0 Å². The van der Waals surface area contributed by atoms with Crippen molar-refractivity contribution in [1.82, 2.24) is 10.2 Å². The Bertz CT molecular complexity index is 1270. The van der Waals surface area contributed by atoms with Gasteiger partial charge in [0.1, 0.15) is 11.6 Å². The van der Waals surface area contributed by atoms with Crippen LogP contribution >= 0.6 is 0 Å². The number of nitrogens with one attached hydrogen (secondary N) is 2. The van der Waals surface area contributed by atoms with E-state index in [0.29, 0.717) is 18.4 Å². The Morgan fingerprint density at radius 3 is 2.56 bits per heavy atom. The molecular formula is C34H45N3O4. The van der Waals surface area contributed by atoms with Crippen LogP contribution in [-0.2, 0) is 19.1 Å². The number of carbonyl (C=O) groups is 3. The second-order valence-corrected chi connectivity index (χ2v) is 13.3. The van der Waals surface area contributed by atoms with Crippen molar-refractivity contribution in [2.45, 2.75) is 103 Å². The Hall–Kier alpha value is -2.93. The van der Waals surface area contributed by atoms with Crippen LogP contribution < -0.4 is 10.6 Å². The monoisotopic (exact) mass is 559 g/mol. The summed E-state index contributed by atoms with van der Waals surface area (Å²) in [6.07, 6.45) is 14.0. The first kappa shape index (κ1) is 28.2. The molecule has 3 heterocycles. The minimum Gasteiger partial charge on any atom is -0.359 e. The van der Waals surface area contributed by atoms with Crippen molar-refractivity contribution in [3.63, 3.8) is 0 Å². The summed E-state index contributed by atoms with van der Waals surface area (Å²) >= 11 is 0. The fraction of sp³-hybridized carbons (Fsp3) is 0.618. The lowest BCUT2D eigenvalue weighted by molar-refractivity contribution is -0.141. The van der Waals surface area contributed by atoms with Crippen molar-refractivity contribution in [3.8, 4) is 0 Å². The maximum absolute atomic E-state index is 14.3. The predicted molar refractivity (Wildman–Crippen MR) is 159 cm³/mol. The highest BCUT2D eigenvalue weighted by molar-refractivity contribution is 6.02. The van der Waals surface area contributed by atoms with Gasteiger partial charge in [-0.3, -0.25) is 14.4 Å². The second-order valence-electron chi connectivity index (χ2n) is 13.3. The summed E-state index contributed by atoms with van der Waals surface area (Å²) in [5.74, 6) is -1.01. The normalized spacial score (nSPS) is 35.8. The van der Waals surface area contributed by atoms with Gasteiger partial charge in [0.05, 0.1) is 17.9 Å². The van der Waals surface area contributed by atoms with E-state index < -0.39 is 29.6 Å². The third kappa shape index (κ3) is 5.04. The van der Waals surface area contributed by atoms with E-state index in [0.717, 1.165) is 48.9 Å². The Labute approximate surface area is 244 Å². The molecule has 1 saturated carbocycles. The van der Waals surface area contributed by atoms with E-state index in [4.69, 9.17) is 4.74 Å². The summed E-state index contributed by atoms with van der Waals surface area (Å²) in [4.78, 5) is 44.0. The molecule has 3 aliphatic heterocycles. The molecule has 5 aliphatic rings. The maximum Gasteiger partial charge on any atom is 0.246 e. The van der Waals surface area contributed by atoms with Gasteiger partial charge < -0.3 is 20.3 Å². The highest BCUT2D eigenvalue weighted by Gasteiger charge is 2.72. The first-order chi connectivity index (χ1) is 19.7. The molecule has 3 fully saturated rings. The molecule has 2 saturated heterocycles.